The Bertz CT molecular complexity index is 919. The van der Waals surface area contributed by atoms with Crippen molar-refractivity contribution in [2.24, 2.45) is 0 Å². The Morgan fingerprint density at radius 2 is 1.57 bits per heavy atom. The lowest BCUT2D eigenvalue weighted by Crippen LogP contribution is -2.48. The highest BCUT2D eigenvalue weighted by Gasteiger charge is 2.30. The van der Waals surface area contributed by atoms with Crippen LogP contribution in [0.4, 0.5) is 5.69 Å². The van der Waals surface area contributed by atoms with Gasteiger partial charge in [0.1, 0.15) is 11.8 Å². The van der Waals surface area contributed by atoms with Crippen molar-refractivity contribution in [2.45, 2.75) is 39.8 Å². The lowest BCUT2D eigenvalue weighted by molar-refractivity contribution is -0.122. The molecule has 0 unspecified atom stereocenters. The molecule has 2 aromatic carbocycles. The maximum atomic E-state index is 12.8. The predicted molar refractivity (Wildman–Crippen MR) is 112 cm³/mol. The highest BCUT2D eigenvalue weighted by atomic mass is 32.2. The fourth-order valence-electron chi connectivity index (χ4n) is 3.20. The normalized spacial score (nSPS) is 13.5. The Balaban J connectivity index is 2.25. The minimum absolute atomic E-state index is 0.276. The number of anilines is 1. The SMILES string of the molecule is COc1ccc([C@H](C)NC(=O)[C@H](C)N(c2cc(C)cc(C)c2)S(C)(=O)=O)cc1. The molecule has 0 heterocycles. The van der Waals surface area contributed by atoms with Crippen LogP contribution in [0.2, 0.25) is 0 Å². The van der Waals surface area contributed by atoms with Gasteiger partial charge in [0, 0.05) is 0 Å². The van der Waals surface area contributed by atoms with Crippen LogP contribution in [0.5, 0.6) is 5.75 Å². The number of benzene rings is 2. The summed E-state index contributed by atoms with van der Waals surface area (Å²) in [4.78, 5) is 12.8. The second-order valence-corrected chi connectivity index (χ2v) is 8.94. The molecule has 0 saturated carbocycles. The lowest BCUT2D eigenvalue weighted by atomic mass is 10.1. The zero-order valence-corrected chi connectivity index (χ0v) is 18.0. The van der Waals surface area contributed by atoms with E-state index in [0.29, 0.717) is 5.69 Å². The van der Waals surface area contributed by atoms with E-state index in [0.717, 1.165) is 28.7 Å². The summed E-state index contributed by atoms with van der Waals surface area (Å²) in [6, 6.07) is 11.7. The Morgan fingerprint density at radius 3 is 2.04 bits per heavy atom. The molecule has 0 spiro atoms. The third-order valence-electron chi connectivity index (χ3n) is 4.52. The molecule has 0 aliphatic carbocycles. The summed E-state index contributed by atoms with van der Waals surface area (Å²) < 4.78 is 31.2. The van der Waals surface area contributed by atoms with E-state index in [-0.39, 0.29) is 11.9 Å². The highest BCUT2D eigenvalue weighted by Crippen LogP contribution is 2.24. The Morgan fingerprint density at radius 1 is 1.04 bits per heavy atom. The van der Waals surface area contributed by atoms with Gasteiger partial charge in [-0.05, 0) is 68.7 Å². The largest absolute Gasteiger partial charge is 0.497 e. The molecule has 0 fully saturated rings. The molecule has 152 valence electrons. The number of nitrogens with one attached hydrogen (secondary N) is 1. The van der Waals surface area contributed by atoms with E-state index < -0.39 is 16.1 Å². The van der Waals surface area contributed by atoms with Gasteiger partial charge in [0.15, 0.2) is 0 Å². The quantitative estimate of drug-likeness (QED) is 0.768. The lowest BCUT2D eigenvalue weighted by Gasteiger charge is -2.30. The third-order valence-corrected chi connectivity index (χ3v) is 5.77. The molecule has 2 rings (SSSR count). The van der Waals surface area contributed by atoms with E-state index in [1.54, 1.807) is 26.2 Å². The van der Waals surface area contributed by atoms with Crippen molar-refractivity contribution in [3.63, 3.8) is 0 Å². The molecule has 6 nitrogen and oxygen atoms in total. The van der Waals surface area contributed by atoms with Crippen molar-refractivity contribution in [2.75, 3.05) is 17.7 Å². The topological polar surface area (TPSA) is 75.7 Å². The van der Waals surface area contributed by atoms with Gasteiger partial charge in [0.2, 0.25) is 15.9 Å². The molecule has 1 amide bonds. The molecular formula is C21H28N2O4S. The summed E-state index contributed by atoms with van der Waals surface area (Å²) in [5.41, 5.74) is 3.25. The van der Waals surface area contributed by atoms with Crippen LogP contribution in [-0.2, 0) is 14.8 Å². The van der Waals surface area contributed by atoms with Crippen LogP contribution in [0.1, 0.15) is 36.6 Å². The summed E-state index contributed by atoms with van der Waals surface area (Å²) in [5.74, 6) is 0.363. The van der Waals surface area contributed by atoms with Crippen molar-refractivity contribution in [3.05, 3.63) is 59.2 Å². The zero-order chi connectivity index (χ0) is 21.1. The zero-order valence-electron chi connectivity index (χ0n) is 17.2. The number of ether oxygens (including phenoxy) is 1. The van der Waals surface area contributed by atoms with Crippen LogP contribution in [0.3, 0.4) is 0 Å². The van der Waals surface area contributed by atoms with Crippen molar-refractivity contribution < 1.29 is 17.9 Å². The monoisotopic (exact) mass is 404 g/mol. The Kier molecular flexibility index (Phi) is 6.72. The number of methoxy groups -OCH3 is 1. The molecule has 2 atom stereocenters. The molecule has 0 aliphatic rings. The van der Waals surface area contributed by atoms with E-state index in [4.69, 9.17) is 4.74 Å². The smallest absolute Gasteiger partial charge is 0.244 e. The number of hydrogen-bond donors (Lipinski definition) is 1. The van der Waals surface area contributed by atoms with Crippen LogP contribution in [0.15, 0.2) is 42.5 Å². The van der Waals surface area contributed by atoms with Gasteiger partial charge in [-0.15, -0.1) is 0 Å². The van der Waals surface area contributed by atoms with Gasteiger partial charge in [-0.3, -0.25) is 9.10 Å². The Labute approximate surface area is 167 Å². The number of amides is 1. The van der Waals surface area contributed by atoms with Crippen molar-refractivity contribution in [3.8, 4) is 5.75 Å². The van der Waals surface area contributed by atoms with Gasteiger partial charge in [-0.1, -0.05) is 18.2 Å². The molecule has 0 aliphatic heterocycles. The van der Waals surface area contributed by atoms with E-state index in [2.05, 4.69) is 5.32 Å². The maximum absolute atomic E-state index is 12.8. The molecule has 7 heteroatoms. The molecule has 28 heavy (non-hydrogen) atoms. The number of carbonyl (C=O) groups is 1. The summed E-state index contributed by atoms with van der Waals surface area (Å²) in [6.45, 7) is 7.24. The first kappa shape index (κ1) is 21.8. The number of sulfonamides is 1. The minimum atomic E-state index is -3.65. The Hall–Kier alpha value is -2.54. The summed E-state index contributed by atoms with van der Waals surface area (Å²) in [6.07, 6.45) is 1.11. The van der Waals surface area contributed by atoms with Crippen LogP contribution in [-0.4, -0.2) is 33.7 Å². The summed E-state index contributed by atoms with van der Waals surface area (Å²) in [7, 11) is -2.06. The van der Waals surface area contributed by atoms with Gasteiger partial charge in [-0.25, -0.2) is 8.42 Å². The molecule has 1 N–H and O–H groups in total. The molecule has 0 saturated heterocycles. The van der Waals surface area contributed by atoms with Gasteiger partial charge in [-0.2, -0.15) is 0 Å². The van der Waals surface area contributed by atoms with E-state index >= 15 is 0 Å². The summed E-state index contributed by atoms with van der Waals surface area (Å²) in [5, 5.41) is 2.90. The highest BCUT2D eigenvalue weighted by molar-refractivity contribution is 7.92. The molecule has 2 aromatic rings. The fourth-order valence-corrected chi connectivity index (χ4v) is 4.36. The first-order valence-electron chi connectivity index (χ1n) is 9.05. The number of carbonyl (C=O) groups excluding carboxylic acids is 1. The first-order chi connectivity index (χ1) is 13.0. The predicted octanol–water partition coefficient (Wildman–Crippen LogP) is 3.34. The van der Waals surface area contributed by atoms with Crippen molar-refractivity contribution in [1.29, 1.82) is 0 Å². The van der Waals surface area contributed by atoms with Crippen LogP contribution >= 0.6 is 0 Å². The standard InChI is InChI=1S/C21H28N2O4S/c1-14-11-15(2)13-19(12-14)23(28(6,25)26)17(4)21(24)22-16(3)18-7-9-20(27-5)10-8-18/h7-13,16-17H,1-6H3,(H,22,24)/t16-,17-/m0/s1. The maximum Gasteiger partial charge on any atom is 0.244 e. The average molecular weight is 405 g/mol. The second-order valence-electron chi connectivity index (χ2n) is 7.08. The third kappa shape index (κ3) is 5.25. The number of rotatable bonds is 7. The second kappa shape index (κ2) is 8.65. The number of hydrogen-bond acceptors (Lipinski definition) is 4. The van der Waals surface area contributed by atoms with Gasteiger partial charge < -0.3 is 10.1 Å². The minimum Gasteiger partial charge on any atom is -0.497 e. The molecule has 0 radical (unpaired) electrons. The van der Waals surface area contributed by atoms with Crippen LogP contribution < -0.4 is 14.4 Å². The van der Waals surface area contributed by atoms with Gasteiger partial charge >= 0.3 is 0 Å². The summed E-state index contributed by atoms with van der Waals surface area (Å²) >= 11 is 0. The number of nitrogens with zero attached hydrogens (tertiary/aromatic N) is 1. The molecule has 0 aromatic heterocycles. The molecule has 0 bridgehead atoms. The van der Waals surface area contributed by atoms with Crippen molar-refractivity contribution in [1.82, 2.24) is 5.32 Å². The van der Waals surface area contributed by atoms with E-state index in [1.165, 1.54) is 4.31 Å². The van der Waals surface area contributed by atoms with Gasteiger partial charge in [0.05, 0.1) is 25.1 Å². The van der Waals surface area contributed by atoms with Gasteiger partial charge in [0.25, 0.3) is 0 Å². The van der Waals surface area contributed by atoms with Crippen LogP contribution in [0.25, 0.3) is 0 Å². The fraction of sp³-hybridized carbons (Fsp3) is 0.381. The average Bonchev–Trinajstić information content (AvgIpc) is 2.59. The van der Waals surface area contributed by atoms with Crippen molar-refractivity contribution >= 4 is 21.6 Å². The first-order valence-corrected chi connectivity index (χ1v) is 10.9. The van der Waals surface area contributed by atoms with E-state index in [1.807, 2.05) is 51.1 Å². The molecular weight excluding hydrogens is 376 g/mol. The van der Waals surface area contributed by atoms with E-state index in [9.17, 15) is 13.2 Å². The number of aryl methyl sites for hydroxylation is 2. The van der Waals surface area contributed by atoms with Crippen LogP contribution in [0, 0.1) is 13.8 Å².